The molecule has 7 heteroatoms. The molecule has 0 saturated carbocycles. The summed E-state index contributed by atoms with van der Waals surface area (Å²) in [6.07, 6.45) is 0.716. The van der Waals surface area contributed by atoms with Gasteiger partial charge in [0.2, 0.25) is 5.95 Å². The Hall–Kier alpha value is -3.74. The molecule has 3 aromatic carbocycles. The molecule has 0 saturated heterocycles. The van der Waals surface area contributed by atoms with Crippen LogP contribution >= 0.6 is 22.9 Å². The Kier molecular flexibility index (Phi) is 5.24. The number of hydrazone groups is 1. The van der Waals surface area contributed by atoms with E-state index in [0.29, 0.717) is 17.4 Å². The van der Waals surface area contributed by atoms with E-state index in [1.165, 1.54) is 0 Å². The fourth-order valence-electron chi connectivity index (χ4n) is 4.25. The second kappa shape index (κ2) is 8.56. The molecule has 2 aromatic heterocycles. The predicted molar refractivity (Wildman–Crippen MR) is 139 cm³/mol. The van der Waals surface area contributed by atoms with E-state index in [2.05, 4.69) is 11.4 Å². The highest BCUT2D eigenvalue weighted by Gasteiger charge is 2.32. The van der Waals surface area contributed by atoms with Crippen LogP contribution in [0, 0.1) is 0 Å². The van der Waals surface area contributed by atoms with Crippen LogP contribution < -0.4 is 5.01 Å². The van der Waals surface area contributed by atoms with Gasteiger partial charge in [0.15, 0.2) is 0 Å². The molecule has 34 heavy (non-hydrogen) atoms. The van der Waals surface area contributed by atoms with Crippen LogP contribution in [0.3, 0.4) is 0 Å². The van der Waals surface area contributed by atoms with Gasteiger partial charge in [-0.1, -0.05) is 60.1 Å². The minimum Gasteiger partial charge on any atom is -0.508 e. The van der Waals surface area contributed by atoms with E-state index >= 15 is 0 Å². The van der Waals surface area contributed by atoms with Crippen molar-refractivity contribution < 1.29 is 5.11 Å². The van der Waals surface area contributed by atoms with Crippen molar-refractivity contribution in [3.8, 4) is 17.0 Å². The predicted octanol–water partition coefficient (Wildman–Crippen LogP) is 7.07. The zero-order valence-electron chi connectivity index (χ0n) is 18.0. The zero-order chi connectivity index (χ0) is 23.1. The third-order valence-electron chi connectivity index (χ3n) is 5.89. The van der Waals surface area contributed by atoms with Crippen molar-refractivity contribution in [2.45, 2.75) is 12.5 Å². The van der Waals surface area contributed by atoms with Gasteiger partial charge < -0.3 is 5.11 Å². The summed E-state index contributed by atoms with van der Waals surface area (Å²) >= 11 is 8.00. The maximum Gasteiger partial charge on any atom is 0.247 e. The highest BCUT2D eigenvalue weighted by atomic mass is 35.5. The van der Waals surface area contributed by atoms with E-state index < -0.39 is 0 Å². The Morgan fingerprint density at radius 1 is 0.912 bits per heavy atom. The number of hydrogen-bond acceptors (Lipinski definition) is 6. The highest BCUT2D eigenvalue weighted by molar-refractivity contribution is 7.12. The lowest BCUT2D eigenvalue weighted by Gasteiger charge is -2.23. The van der Waals surface area contributed by atoms with Gasteiger partial charge in [0.1, 0.15) is 5.75 Å². The lowest BCUT2D eigenvalue weighted by atomic mass is 10.0. The molecule has 5 aromatic rings. The zero-order valence-corrected chi connectivity index (χ0v) is 19.5. The van der Waals surface area contributed by atoms with Gasteiger partial charge >= 0.3 is 0 Å². The van der Waals surface area contributed by atoms with E-state index in [1.54, 1.807) is 23.5 Å². The summed E-state index contributed by atoms with van der Waals surface area (Å²) < 4.78 is 0. The molecule has 0 amide bonds. The Morgan fingerprint density at radius 3 is 2.50 bits per heavy atom. The fraction of sp³-hybridized carbons (Fsp3) is 0.0741. The van der Waals surface area contributed by atoms with Crippen LogP contribution in [0.25, 0.3) is 22.2 Å². The molecule has 5 nitrogen and oxygen atoms in total. The Morgan fingerprint density at radius 2 is 1.74 bits per heavy atom. The van der Waals surface area contributed by atoms with E-state index in [0.717, 1.165) is 38.3 Å². The molecular weight excluding hydrogens is 464 g/mol. The van der Waals surface area contributed by atoms with Gasteiger partial charge in [-0.3, -0.25) is 0 Å². The molecule has 3 heterocycles. The third-order valence-corrected chi connectivity index (χ3v) is 7.05. The van der Waals surface area contributed by atoms with Gasteiger partial charge in [-0.2, -0.15) is 5.10 Å². The molecule has 0 fully saturated rings. The van der Waals surface area contributed by atoms with E-state index in [1.807, 2.05) is 71.7 Å². The number of aromatic hydroxyl groups is 1. The molecule has 166 valence electrons. The summed E-state index contributed by atoms with van der Waals surface area (Å²) in [5.74, 6) is 0.760. The maximum absolute atomic E-state index is 9.81. The number of rotatable bonds is 4. The minimum absolute atomic E-state index is 0.0916. The largest absolute Gasteiger partial charge is 0.508 e. The van der Waals surface area contributed by atoms with Crippen LogP contribution in [0.4, 0.5) is 5.95 Å². The number of aromatic nitrogens is 2. The normalized spacial score (nSPS) is 15.6. The molecular formula is C27H19ClN4OS. The van der Waals surface area contributed by atoms with E-state index in [4.69, 9.17) is 26.7 Å². The van der Waals surface area contributed by atoms with Crippen LogP contribution in [-0.4, -0.2) is 20.8 Å². The molecule has 1 N–H and O–H groups in total. The molecule has 0 aliphatic carbocycles. The number of hydrogen-bond donors (Lipinski definition) is 1. The van der Waals surface area contributed by atoms with E-state index in [-0.39, 0.29) is 11.8 Å². The Bertz CT molecular complexity index is 1500. The Balaban J connectivity index is 1.54. The molecule has 0 spiro atoms. The molecule has 0 bridgehead atoms. The maximum atomic E-state index is 9.81. The Labute approximate surface area is 205 Å². The van der Waals surface area contributed by atoms with Crippen LogP contribution in [-0.2, 0) is 0 Å². The first-order chi connectivity index (χ1) is 16.7. The van der Waals surface area contributed by atoms with Crippen LogP contribution in [0.1, 0.15) is 22.9 Å². The number of phenolic OH excluding ortho intramolecular Hbond substituents is 1. The molecule has 1 aliphatic heterocycles. The topological polar surface area (TPSA) is 61.6 Å². The summed E-state index contributed by atoms with van der Waals surface area (Å²) in [4.78, 5) is 11.0. The fourth-order valence-corrected chi connectivity index (χ4v) is 5.14. The monoisotopic (exact) mass is 482 g/mol. The number of anilines is 1. The van der Waals surface area contributed by atoms with Crippen LogP contribution in [0.15, 0.2) is 95.4 Å². The molecule has 1 aliphatic rings. The van der Waals surface area contributed by atoms with Crippen LogP contribution in [0.5, 0.6) is 5.75 Å². The standard InChI is InChI=1S/C27H19ClN4OS/c28-19-10-13-22-21(15-19)26(18-5-2-1-3-6-18)30-27(29-22)32-24(17-8-11-20(33)12-9-17)16-23(31-32)25-7-4-14-34-25/h1-15,24,33H,16H2/t24-/m1/s1. The SMILES string of the molecule is Oc1ccc([C@H]2CC(c3cccs3)=NN2c2nc(-c3ccccc3)c3cc(Cl)ccc3n2)cc1. The average Bonchev–Trinajstić information content (AvgIpc) is 3.55. The first-order valence-corrected chi connectivity index (χ1v) is 12.1. The molecule has 6 rings (SSSR count). The first-order valence-electron chi connectivity index (χ1n) is 10.9. The summed E-state index contributed by atoms with van der Waals surface area (Å²) in [6.45, 7) is 0. The average molecular weight is 483 g/mol. The number of fused-ring (bicyclic) bond motifs is 1. The van der Waals surface area contributed by atoms with Gasteiger partial charge in [0.25, 0.3) is 0 Å². The van der Waals surface area contributed by atoms with Crippen molar-refractivity contribution in [3.05, 3.63) is 106 Å². The van der Waals surface area contributed by atoms with E-state index in [9.17, 15) is 5.11 Å². The van der Waals surface area contributed by atoms with Crippen molar-refractivity contribution in [1.82, 2.24) is 9.97 Å². The lowest BCUT2D eigenvalue weighted by Crippen LogP contribution is -2.21. The molecule has 0 radical (unpaired) electrons. The van der Waals surface area contributed by atoms with Gasteiger partial charge in [-0.15, -0.1) is 11.3 Å². The number of benzene rings is 3. The number of halogens is 1. The van der Waals surface area contributed by atoms with Crippen molar-refractivity contribution >= 4 is 45.5 Å². The van der Waals surface area contributed by atoms with Crippen molar-refractivity contribution in [2.75, 3.05) is 5.01 Å². The van der Waals surface area contributed by atoms with Gasteiger partial charge in [0, 0.05) is 22.4 Å². The van der Waals surface area contributed by atoms with Crippen molar-refractivity contribution in [3.63, 3.8) is 0 Å². The lowest BCUT2D eigenvalue weighted by molar-refractivity contribution is 0.475. The quantitative estimate of drug-likeness (QED) is 0.297. The van der Waals surface area contributed by atoms with Gasteiger partial charge in [-0.05, 0) is 47.3 Å². The van der Waals surface area contributed by atoms with Crippen LogP contribution in [0.2, 0.25) is 5.02 Å². The summed E-state index contributed by atoms with van der Waals surface area (Å²) in [5.41, 5.74) is 4.63. The number of nitrogens with zero attached hydrogens (tertiary/aromatic N) is 4. The smallest absolute Gasteiger partial charge is 0.247 e. The number of phenols is 1. The summed E-state index contributed by atoms with van der Waals surface area (Å²) in [7, 11) is 0. The molecule has 1 atom stereocenters. The first kappa shape index (κ1) is 20.8. The third kappa shape index (κ3) is 3.81. The number of thiophene rings is 1. The minimum atomic E-state index is -0.0916. The molecule has 0 unspecified atom stereocenters. The van der Waals surface area contributed by atoms with Gasteiger partial charge in [0.05, 0.1) is 27.8 Å². The second-order valence-corrected chi connectivity index (χ2v) is 9.46. The second-order valence-electron chi connectivity index (χ2n) is 8.08. The van der Waals surface area contributed by atoms with Crippen molar-refractivity contribution in [1.29, 1.82) is 0 Å². The van der Waals surface area contributed by atoms with Gasteiger partial charge in [-0.25, -0.2) is 15.0 Å². The van der Waals surface area contributed by atoms with Crippen molar-refractivity contribution in [2.24, 2.45) is 5.10 Å². The summed E-state index contributed by atoms with van der Waals surface area (Å²) in [5, 5.41) is 20.3. The summed E-state index contributed by atoms with van der Waals surface area (Å²) in [6, 6.07) is 27.0. The highest BCUT2D eigenvalue weighted by Crippen LogP contribution is 2.38.